The molecule has 1 aliphatic rings. The van der Waals surface area contributed by atoms with Gasteiger partial charge in [-0.2, -0.15) is 0 Å². The molecule has 2 aromatic rings. The first kappa shape index (κ1) is 18.9. The smallest absolute Gasteiger partial charge is 0.335 e. The van der Waals surface area contributed by atoms with E-state index in [0.717, 1.165) is 27.6 Å². The van der Waals surface area contributed by atoms with Crippen LogP contribution < -0.4 is 0 Å². The van der Waals surface area contributed by atoms with E-state index in [-0.39, 0.29) is 16.4 Å². The average Bonchev–Trinajstić information content (AvgIpc) is 2.58. The average molecular weight is 413 g/mol. The van der Waals surface area contributed by atoms with Gasteiger partial charge >= 0.3 is 5.97 Å². The van der Waals surface area contributed by atoms with Crippen LogP contribution in [0.2, 0.25) is 0 Å². The summed E-state index contributed by atoms with van der Waals surface area (Å²) in [5, 5.41) is 9.08. The Balaban J connectivity index is 2.09. The van der Waals surface area contributed by atoms with E-state index in [0.29, 0.717) is 0 Å². The Morgan fingerprint density at radius 3 is 1.92 bits per heavy atom. The Bertz CT molecular complexity index is 889. The molecule has 1 aliphatic carbocycles. The number of fused-ring (bicyclic) bond motifs is 1. The number of benzene rings is 2. The molecule has 0 aliphatic heterocycles. The van der Waals surface area contributed by atoms with Crippen molar-refractivity contribution >= 4 is 27.5 Å². The summed E-state index contributed by atoms with van der Waals surface area (Å²) in [6.45, 7) is 13.5. The summed E-state index contributed by atoms with van der Waals surface area (Å²) in [7, 11) is 0. The first-order valence-corrected chi connectivity index (χ1v) is 9.70. The lowest BCUT2D eigenvalue weighted by molar-refractivity contribution is 0.0697. The van der Waals surface area contributed by atoms with E-state index in [1.807, 2.05) is 12.1 Å². The van der Waals surface area contributed by atoms with Gasteiger partial charge in [0.2, 0.25) is 0 Å². The van der Waals surface area contributed by atoms with Crippen LogP contribution in [0.15, 0.2) is 47.4 Å². The Labute approximate surface area is 164 Å². The molecule has 0 heterocycles. The fraction of sp³-hybridized carbons (Fsp3) is 0.348. The van der Waals surface area contributed by atoms with Gasteiger partial charge in [0, 0.05) is 4.47 Å². The van der Waals surface area contributed by atoms with Gasteiger partial charge in [-0.1, -0.05) is 62.3 Å². The van der Waals surface area contributed by atoms with Crippen molar-refractivity contribution in [2.24, 2.45) is 0 Å². The third-order valence-electron chi connectivity index (χ3n) is 5.75. The summed E-state index contributed by atoms with van der Waals surface area (Å²) in [6.07, 6.45) is 2.34. The van der Waals surface area contributed by atoms with Crippen molar-refractivity contribution in [3.63, 3.8) is 0 Å². The molecule has 0 aromatic heterocycles. The minimum atomic E-state index is -0.916. The molecule has 2 aromatic carbocycles. The Kier molecular flexibility index (Phi) is 4.64. The molecule has 0 amide bonds. The lowest BCUT2D eigenvalue weighted by atomic mass is 9.63. The van der Waals surface area contributed by atoms with E-state index < -0.39 is 5.97 Å². The largest absolute Gasteiger partial charge is 0.478 e. The summed E-state index contributed by atoms with van der Waals surface area (Å²) in [6, 6.07) is 11.4. The van der Waals surface area contributed by atoms with Crippen LogP contribution in [0.3, 0.4) is 0 Å². The molecule has 2 nitrogen and oxygen atoms in total. The van der Waals surface area contributed by atoms with Gasteiger partial charge in [0.25, 0.3) is 0 Å². The lowest BCUT2D eigenvalue weighted by Gasteiger charge is -2.42. The van der Waals surface area contributed by atoms with Gasteiger partial charge in [0.05, 0.1) is 5.56 Å². The summed E-state index contributed by atoms with van der Waals surface area (Å²) in [5.74, 6) is -0.916. The van der Waals surface area contributed by atoms with Gasteiger partial charge in [-0.25, -0.2) is 4.79 Å². The first-order chi connectivity index (χ1) is 12.0. The summed E-state index contributed by atoms with van der Waals surface area (Å²) >= 11 is 3.75. The van der Waals surface area contributed by atoms with Crippen LogP contribution in [0.5, 0.6) is 0 Å². The van der Waals surface area contributed by atoms with Crippen LogP contribution in [-0.4, -0.2) is 11.1 Å². The van der Waals surface area contributed by atoms with Crippen LogP contribution in [0.1, 0.15) is 73.1 Å². The second-order valence-corrected chi connectivity index (χ2v) is 9.36. The summed E-state index contributed by atoms with van der Waals surface area (Å²) in [4.78, 5) is 11.1. The second-order valence-electron chi connectivity index (χ2n) is 8.51. The van der Waals surface area contributed by atoms with Crippen LogP contribution in [0.4, 0.5) is 0 Å². The molecular formula is C23H25BrO2. The lowest BCUT2D eigenvalue weighted by Crippen LogP contribution is -2.34. The zero-order chi connectivity index (χ0) is 19.3. The minimum Gasteiger partial charge on any atom is -0.478 e. The van der Waals surface area contributed by atoms with E-state index >= 15 is 0 Å². The van der Waals surface area contributed by atoms with Crippen molar-refractivity contribution < 1.29 is 9.90 Å². The number of hydrogen-bond acceptors (Lipinski definition) is 1. The normalized spacial score (nSPS) is 17.4. The van der Waals surface area contributed by atoms with Gasteiger partial charge in [-0.3, -0.25) is 0 Å². The predicted octanol–water partition coefficient (Wildman–Crippen LogP) is 6.56. The number of rotatable bonds is 3. The minimum absolute atomic E-state index is 0.133. The molecule has 0 unspecified atom stereocenters. The Morgan fingerprint density at radius 1 is 0.962 bits per heavy atom. The van der Waals surface area contributed by atoms with Gasteiger partial charge in [-0.05, 0) is 75.8 Å². The highest BCUT2D eigenvalue weighted by Gasteiger charge is 2.37. The molecule has 0 spiro atoms. The molecule has 0 bridgehead atoms. The van der Waals surface area contributed by atoms with Crippen molar-refractivity contribution in [2.45, 2.75) is 51.4 Å². The first-order valence-electron chi connectivity index (χ1n) is 8.90. The fourth-order valence-corrected chi connectivity index (χ4v) is 4.37. The van der Waals surface area contributed by atoms with Gasteiger partial charge < -0.3 is 5.11 Å². The van der Waals surface area contributed by atoms with E-state index in [4.69, 9.17) is 5.11 Å². The molecule has 0 saturated carbocycles. The number of halogens is 1. The molecule has 26 heavy (non-hydrogen) atoms. The van der Waals surface area contributed by atoms with Crippen LogP contribution >= 0.6 is 15.9 Å². The summed E-state index contributed by atoms with van der Waals surface area (Å²) < 4.78 is 1.04. The highest BCUT2D eigenvalue weighted by atomic mass is 79.9. The van der Waals surface area contributed by atoms with Crippen LogP contribution in [0.25, 0.3) is 5.57 Å². The zero-order valence-electron chi connectivity index (χ0n) is 15.8. The van der Waals surface area contributed by atoms with Crippen LogP contribution in [-0.2, 0) is 10.8 Å². The maximum atomic E-state index is 11.1. The van der Waals surface area contributed by atoms with Crippen molar-refractivity contribution in [1.82, 2.24) is 0 Å². The molecule has 3 rings (SSSR count). The number of aromatic carboxylic acids is 1. The SMILES string of the molecule is C=C(c1ccc(C(=O)O)cc1)c1cc2c(cc1Br)C(C)(C)CCC2(C)C. The third kappa shape index (κ3) is 3.25. The van der Waals surface area contributed by atoms with Gasteiger partial charge in [0.1, 0.15) is 0 Å². The van der Waals surface area contributed by atoms with Gasteiger partial charge in [0.15, 0.2) is 0 Å². The number of carbonyl (C=O) groups is 1. The van der Waals surface area contributed by atoms with Crippen molar-refractivity contribution in [1.29, 1.82) is 0 Å². The van der Waals surface area contributed by atoms with Crippen LogP contribution in [0, 0.1) is 0 Å². The number of carboxylic acids is 1. The molecule has 0 radical (unpaired) electrons. The highest BCUT2D eigenvalue weighted by Crippen LogP contribution is 2.48. The monoisotopic (exact) mass is 412 g/mol. The maximum absolute atomic E-state index is 11.1. The van der Waals surface area contributed by atoms with E-state index in [1.165, 1.54) is 17.5 Å². The highest BCUT2D eigenvalue weighted by molar-refractivity contribution is 9.10. The molecule has 1 N–H and O–H groups in total. The van der Waals surface area contributed by atoms with E-state index in [1.54, 1.807) is 12.1 Å². The topological polar surface area (TPSA) is 37.3 Å². The predicted molar refractivity (Wildman–Crippen MR) is 111 cm³/mol. The molecule has 0 atom stereocenters. The van der Waals surface area contributed by atoms with Crippen molar-refractivity contribution in [2.75, 3.05) is 0 Å². The molecule has 136 valence electrons. The molecule has 3 heteroatoms. The standard InChI is InChI=1S/C23H25BrO2/c1-14(15-6-8-16(9-7-15)21(25)26)17-12-18-19(13-20(17)24)23(4,5)11-10-22(18,2)3/h6-9,12-13H,1,10-11H2,2-5H3,(H,25,26). The fourth-order valence-electron chi connectivity index (χ4n) is 3.79. The zero-order valence-corrected chi connectivity index (χ0v) is 17.4. The Morgan fingerprint density at radius 2 is 1.42 bits per heavy atom. The van der Waals surface area contributed by atoms with E-state index in [2.05, 4.69) is 62.3 Å². The Hall–Kier alpha value is -1.87. The van der Waals surface area contributed by atoms with Crippen molar-refractivity contribution in [3.05, 3.63) is 75.3 Å². The van der Waals surface area contributed by atoms with E-state index in [9.17, 15) is 4.79 Å². The quantitative estimate of drug-likeness (QED) is 0.619. The van der Waals surface area contributed by atoms with Crippen molar-refractivity contribution in [3.8, 4) is 0 Å². The maximum Gasteiger partial charge on any atom is 0.335 e. The second kappa shape index (κ2) is 6.38. The number of hydrogen-bond donors (Lipinski definition) is 1. The molecule has 0 saturated heterocycles. The third-order valence-corrected chi connectivity index (χ3v) is 6.40. The molecular weight excluding hydrogens is 388 g/mol. The summed E-state index contributed by atoms with van der Waals surface area (Å²) in [5.41, 5.74) is 6.27. The number of carboxylic acid groups (broad SMARTS) is 1. The molecule has 0 fully saturated rings. The van der Waals surface area contributed by atoms with Gasteiger partial charge in [-0.15, -0.1) is 0 Å².